The van der Waals surface area contributed by atoms with Crippen LogP contribution < -0.4 is 10.3 Å². The van der Waals surface area contributed by atoms with E-state index >= 15 is 0 Å². The summed E-state index contributed by atoms with van der Waals surface area (Å²) in [4.78, 5) is 29.0. The fourth-order valence-corrected chi connectivity index (χ4v) is 4.75. The molecule has 4 rings (SSSR count). The molecule has 0 atom stereocenters. The number of hydrogen-bond acceptors (Lipinski definition) is 5. The van der Waals surface area contributed by atoms with Gasteiger partial charge in [0, 0.05) is 21.5 Å². The molecule has 3 aromatic carbocycles. The zero-order chi connectivity index (χ0) is 25.1. The summed E-state index contributed by atoms with van der Waals surface area (Å²) in [6, 6.07) is 15.2. The predicted molar refractivity (Wildman–Crippen MR) is 143 cm³/mol. The first-order valence-corrected chi connectivity index (χ1v) is 12.4. The summed E-state index contributed by atoms with van der Waals surface area (Å²) < 4.78 is 8.63. The Balaban J connectivity index is 1.72. The number of benzene rings is 3. The number of aromatic nitrogens is 2. The van der Waals surface area contributed by atoms with Crippen LogP contribution in [0.5, 0.6) is 5.75 Å². The van der Waals surface area contributed by atoms with Crippen molar-refractivity contribution in [2.45, 2.75) is 20.0 Å². The third-order valence-electron chi connectivity index (χ3n) is 5.10. The zero-order valence-corrected chi connectivity index (χ0v) is 22.3. The molecule has 10 heteroatoms. The molecule has 0 unspecified atom stereocenters. The van der Waals surface area contributed by atoms with Gasteiger partial charge >= 0.3 is 5.97 Å². The maximum absolute atomic E-state index is 13.2. The Hall–Kier alpha value is -3.01. The number of hydrogen-bond donors (Lipinski definition) is 1. The summed E-state index contributed by atoms with van der Waals surface area (Å²) >= 11 is 13.1. The van der Waals surface area contributed by atoms with Crippen LogP contribution in [0, 0.1) is 0 Å². The van der Waals surface area contributed by atoms with Gasteiger partial charge < -0.3 is 9.84 Å². The van der Waals surface area contributed by atoms with Crippen molar-refractivity contribution in [3.63, 3.8) is 0 Å². The number of aryl methyl sites for hydroxylation is 1. The van der Waals surface area contributed by atoms with Crippen LogP contribution in [0.25, 0.3) is 10.9 Å². The van der Waals surface area contributed by atoms with Gasteiger partial charge in [-0.15, -0.1) is 0 Å². The lowest BCUT2D eigenvalue weighted by molar-refractivity contribution is 0.0696. The fourth-order valence-electron chi connectivity index (χ4n) is 3.44. The number of fused-ring (bicyclic) bond motifs is 1. The van der Waals surface area contributed by atoms with Crippen LogP contribution >= 0.6 is 43.5 Å². The molecule has 7 nitrogen and oxygen atoms in total. The molecule has 1 heterocycles. The van der Waals surface area contributed by atoms with Crippen LogP contribution in [0.15, 0.2) is 73.4 Å². The van der Waals surface area contributed by atoms with Crippen molar-refractivity contribution in [2.75, 3.05) is 0 Å². The van der Waals surface area contributed by atoms with Crippen molar-refractivity contribution in [2.24, 2.45) is 5.10 Å². The monoisotopic (exact) mass is 617 g/mol. The highest BCUT2D eigenvalue weighted by Crippen LogP contribution is 2.32. The first kappa shape index (κ1) is 25.1. The van der Waals surface area contributed by atoms with E-state index in [9.17, 15) is 14.7 Å². The molecule has 0 radical (unpaired) electrons. The van der Waals surface area contributed by atoms with Crippen LogP contribution in [0.4, 0.5) is 0 Å². The molecule has 0 aliphatic heterocycles. The molecule has 0 fully saturated rings. The molecule has 0 amide bonds. The topological polar surface area (TPSA) is 93.8 Å². The lowest BCUT2D eigenvalue weighted by Crippen LogP contribution is -2.22. The number of rotatable bonds is 7. The molecular formula is C25H18Br2ClN3O4. The maximum Gasteiger partial charge on any atom is 0.335 e. The Morgan fingerprint density at radius 3 is 2.74 bits per heavy atom. The Bertz CT molecular complexity index is 1540. The van der Waals surface area contributed by atoms with Gasteiger partial charge in [-0.3, -0.25) is 4.79 Å². The molecule has 35 heavy (non-hydrogen) atoms. The lowest BCUT2D eigenvalue weighted by atomic mass is 10.1. The second-order valence-electron chi connectivity index (χ2n) is 7.50. The fraction of sp³-hybridized carbons (Fsp3) is 0.120. The van der Waals surface area contributed by atoms with E-state index in [0.29, 0.717) is 49.5 Å². The molecule has 1 aromatic heterocycles. The van der Waals surface area contributed by atoms with Crippen molar-refractivity contribution in [1.29, 1.82) is 0 Å². The Kier molecular flexibility index (Phi) is 7.69. The summed E-state index contributed by atoms with van der Waals surface area (Å²) in [5, 5.41) is 14.5. The summed E-state index contributed by atoms with van der Waals surface area (Å²) in [7, 11) is 0. The van der Waals surface area contributed by atoms with E-state index in [0.717, 1.165) is 4.47 Å². The van der Waals surface area contributed by atoms with Crippen molar-refractivity contribution in [3.8, 4) is 5.75 Å². The van der Waals surface area contributed by atoms with Crippen molar-refractivity contribution < 1.29 is 14.6 Å². The highest BCUT2D eigenvalue weighted by atomic mass is 79.9. The smallest absolute Gasteiger partial charge is 0.335 e. The molecular weight excluding hydrogens is 602 g/mol. The molecule has 0 aliphatic carbocycles. The normalized spacial score (nSPS) is 11.3. The largest absolute Gasteiger partial charge is 0.487 e. The number of ether oxygens (including phenoxy) is 1. The van der Waals surface area contributed by atoms with Crippen molar-refractivity contribution in [1.82, 2.24) is 9.66 Å². The Morgan fingerprint density at radius 1 is 1.20 bits per heavy atom. The van der Waals surface area contributed by atoms with Crippen LogP contribution in [0.1, 0.15) is 34.2 Å². The van der Waals surface area contributed by atoms with Crippen molar-refractivity contribution in [3.05, 3.63) is 101 Å². The van der Waals surface area contributed by atoms with Gasteiger partial charge in [0.05, 0.1) is 27.2 Å². The van der Waals surface area contributed by atoms with Crippen LogP contribution in [-0.2, 0) is 13.0 Å². The highest BCUT2D eigenvalue weighted by Gasteiger charge is 2.13. The Labute approximate surface area is 222 Å². The summed E-state index contributed by atoms with van der Waals surface area (Å²) in [6.45, 7) is 2.02. The Morgan fingerprint density at radius 2 is 2.00 bits per heavy atom. The van der Waals surface area contributed by atoms with Gasteiger partial charge in [0.2, 0.25) is 0 Å². The van der Waals surface area contributed by atoms with Gasteiger partial charge in [-0.25, -0.2) is 9.78 Å². The van der Waals surface area contributed by atoms with Gasteiger partial charge in [0.1, 0.15) is 18.2 Å². The SMILES string of the molecule is CCc1nc2ccc(Br)cc2c(=O)n1N=Cc1cc(Cl)cc(Br)c1OCc1cccc(C(=O)O)c1. The average Bonchev–Trinajstić information content (AvgIpc) is 2.83. The number of carbonyl (C=O) groups is 1. The van der Waals surface area contributed by atoms with Crippen LogP contribution in [-0.4, -0.2) is 27.0 Å². The molecule has 0 aliphatic rings. The molecule has 178 valence electrons. The van der Waals surface area contributed by atoms with Gasteiger partial charge in [-0.1, -0.05) is 46.6 Å². The predicted octanol–water partition coefficient (Wildman–Crippen LogP) is 6.30. The molecule has 0 saturated heterocycles. The number of carboxylic acids is 1. The summed E-state index contributed by atoms with van der Waals surface area (Å²) in [5.41, 5.74) is 1.69. The molecule has 0 spiro atoms. The lowest BCUT2D eigenvalue weighted by Gasteiger charge is -2.13. The van der Waals surface area contributed by atoms with E-state index in [1.807, 2.05) is 13.0 Å². The van der Waals surface area contributed by atoms with Crippen LogP contribution in [0.3, 0.4) is 0 Å². The third kappa shape index (κ3) is 5.63. The number of halogens is 3. The van der Waals surface area contributed by atoms with Crippen LogP contribution in [0.2, 0.25) is 5.02 Å². The maximum atomic E-state index is 13.2. The zero-order valence-electron chi connectivity index (χ0n) is 18.3. The van der Waals surface area contributed by atoms with E-state index in [-0.39, 0.29) is 17.7 Å². The molecule has 4 aromatic rings. The average molecular weight is 620 g/mol. The van der Waals surface area contributed by atoms with E-state index in [1.54, 1.807) is 42.5 Å². The number of aromatic carboxylic acids is 1. The summed E-state index contributed by atoms with van der Waals surface area (Å²) in [6.07, 6.45) is 1.99. The number of nitrogens with zero attached hydrogens (tertiary/aromatic N) is 3. The molecule has 1 N–H and O–H groups in total. The minimum atomic E-state index is -1.01. The van der Waals surface area contributed by atoms with Gasteiger partial charge in [0.15, 0.2) is 0 Å². The third-order valence-corrected chi connectivity index (χ3v) is 6.40. The minimum absolute atomic E-state index is 0.119. The van der Waals surface area contributed by atoms with E-state index in [4.69, 9.17) is 16.3 Å². The minimum Gasteiger partial charge on any atom is -0.487 e. The van der Waals surface area contributed by atoms with E-state index in [2.05, 4.69) is 41.9 Å². The molecule has 0 bridgehead atoms. The van der Waals surface area contributed by atoms with E-state index in [1.165, 1.54) is 17.0 Å². The van der Waals surface area contributed by atoms with E-state index < -0.39 is 5.97 Å². The van der Waals surface area contributed by atoms with Crippen molar-refractivity contribution >= 4 is 66.5 Å². The second kappa shape index (κ2) is 10.7. The standard InChI is InChI=1S/C25H18Br2ClN3O4/c1-2-22-30-21-7-6-17(26)10-19(21)24(32)31(22)29-12-16-9-18(28)11-20(27)23(16)35-13-14-4-3-5-15(8-14)25(33)34/h3-12H,2,13H2,1H3,(H,33,34). The van der Waals surface area contributed by atoms with Gasteiger partial charge in [-0.2, -0.15) is 9.78 Å². The summed E-state index contributed by atoms with van der Waals surface area (Å²) in [5.74, 6) is -0.0582. The molecule has 0 saturated carbocycles. The quantitative estimate of drug-likeness (QED) is 0.245. The van der Waals surface area contributed by atoms with Gasteiger partial charge in [-0.05, 0) is 64.0 Å². The second-order valence-corrected chi connectivity index (χ2v) is 9.71. The number of carboxylic acid groups (broad SMARTS) is 1. The highest BCUT2D eigenvalue weighted by molar-refractivity contribution is 9.10. The van der Waals surface area contributed by atoms with Gasteiger partial charge in [0.25, 0.3) is 5.56 Å². The first-order valence-electron chi connectivity index (χ1n) is 10.5. The first-order chi connectivity index (χ1) is 16.8.